The van der Waals surface area contributed by atoms with Gasteiger partial charge in [0.15, 0.2) is 0 Å². The first kappa shape index (κ1) is 23.1. The van der Waals surface area contributed by atoms with Crippen LogP contribution in [0, 0.1) is 5.92 Å². The second-order valence-corrected chi connectivity index (χ2v) is 7.61. The van der Waals surface area contributed by atoms with Crippen LogP contribution in [-0.2, 0) is 22.5 Å². The topological polar surface area (TPSA) is 64.7 Å². The van der Waals surface area contributed by atoms with E-state index in [1.807, 2.05) is 57.2 Å². The van der Waals surface area contributed by atoms with E-state index in [0.29, 0.717) is 12.1 Å². The third-order valence-corrected chi connectivity index (χ3v) is 4.99. The summed E-state index contributed by atoms with van der Waals surface area (Å²) in [6.07, 6.45) is 16.9. The second-order valence-electron chi connectivity index (χ2n) is 7.61. The summed E-state index contributed by atoms with van der Waals surface area (Å²) < 4.78 is 0. The largest absolute Gasteiger partial charge is 0.399 e. The Morgan fingerprint density at radius 1 is 1.33 bits per heavy atom. The fourth-order valence-electron chi connectivity index (χ4n) is 3.12. The van der Waals surface area contributed by atoms with Crippen LogP contribution in [0.1, 0.15) is 50.3 Å². The molecule has 0 aromatic heterocycles. The Labute approximate surface area is 180 Å². The van der Waals surface area contributed by atoms with Crippen LogP contribution in [0.4, 0.5) is 0 Å². The maximum atomic E-state index is 12.2. The van der Waals surface area contributed by atoms with Crippen molar-refractivity contribution in [2.45, 2.75) is 46.5 Å². The summed E-state index contributed by atoms with van der Waals surface area (Å²) in [6, 6.07) is 6.27. The van der Waals surface area contributed by atoms with Gasteiger partial charge in [-0.05, 0) is 68.4 Å². The average Bonchev–Trinajstić information content (AvgIpc) is 2.81. The molecule has 158 valence electrons. The molecule has 0 saturated carbocycles. The molecule has 4 nitrogen and oxygen atoms in total. The van der Waals surface area contributed by atoms with Gasteiger partial charge in [-0.15, -0.1) is 0 Å². The van der Waals surface area contributed by atoms with Crippen molar-refractivity contribution in [3.05, 3.63) is 95.3 Å². The molecular weight excluding hydrogens is 372 g/mol. The van der Waals surface area contributed by atoms with E-state index in [9.17, 15) is 4.79 Å². The zero-order chi connectivity index (χ0) is 21.9. The van der Waals surface area contributed by atoms with Gasteiger partial charge in [0.05, 0.1) is 11.6 Å². The number of benzene rings is 1. The Balaban J connectivity index is 2.01. The van der Waals surface area contributed by atoms with Gasteiger partial charge in [0.2, 0.25) is 0 Å². The Morgan fingerprint density at radius 3 is 2.90 bits per heavy atom. The summed E-state index contributed by atoms with van der Waals surface area (Å²) in [5.74, 6) is -0.601. The number of hydrogen-bond donors (Lipinski definition) is 1. The quantitative estimate of drug-likeness (QED) is 0.280. The van der Waals surface area contributed by atoms with Crippen LogP contribution >= 0.6 is 0 Å². The molecule has 0 radical (unpaired) electrons. The molecule has 1 aromatic rings. The van der Waals surface area contributed by atoms with Crippen LogP contribution in [0.3, 0.4) is 0 Å². The Morgan fingerprint density at radius 2 is 2.13 bits per heavy atom. The van der Waals surface area contributed by atoms with Gasteiger partial charge in [0, 0.05) is 5.70 Å². The summed E-state index contributed by atoms with van der Waals surface area (Å²) in [5, 5.41) is 4.08. The molecule has 1 atom stereocenters. The van der Waals surface area contributed by atoms with E-state index in [-0.39, 0.29) is 11.9 Å². The number of carbonyl (C=O) groups excluding carboxylic acids is 1. The molecule has 0 fully saturated rings. The van der Waals surface area contributed by atoms with E-state index in [4.69, 9.17) is 10.6 Å². The minimum Gasteiger partial charge on any atom is -0.399 e. The summed E-state index contributed by atoms with van der Waals surface area (Å²) in [5.41, 5.74) is 12.0. The standard InChI is InChI=1S/C26H32N2O2/c1-5-9-19(2)10-6-11-20(3)26(29)30-28-21(4)23-17-16-22-12-7-14-25(27)15-8-13-24(22)18-23/h5-7,9-10,14-18,20H,1,8,11-13,27H2,2-4H3/b10-6?,14-7-,19-9-,25-15+,28-21+. The number of carbonyl (C=O) groups is 1. The first-order chi connectivity index (χ1) is 14.4. The molecule has 1 aromatic carbocycles. The molecule has 1 aliphatic carbocycles. The first-order valence-corrected chi connectivity index (χ1v) is 10.4. The van der Waals surface area contributed by atoms with Crippen LogP contribution in [0.2, 0.25) is 0 Å². The van der Waals surface area contributed by atoms with Crippen molar-refractivity contribution >= 4 is 11.7 Å². The first-order valence-electron chi connectivity index (χ1n) is 10.4. The van der Waals surface area contributed by atoms with Crippen molar-refractivity contribution in [1.29, 1.82) is 0 Å². The molecule has 0 heterocycles. The van der Waals surface area contributed by atoms with Gasteiger partial charge in [-0.2, -0.15) is 0 Å². The number of rotatable bonds is 7. The maximum Gasteiger partial charge on any atom is 0.338 e. The highest BCUT2D eigenvalue weighted by Gasteiger charge is 2.14. The number of hydrogen-bond acceptors (Lipinski definition) is 4. The van der Waals surface area contributed by atoms with E-state index in [1.54, 1.807) is 6.08 Å². The van der Waals surface area contributed by atoms with Gasteiger partial charge in [-0.25, -0.2) is 4.79 Å². The fourth-order valence-corrected chi connectivity index (χ4v) is 3.12. The lowest BCUT2D eigenvalue weighted by Gasteiger charge is -2.10. The number of nitrogens with two attached hydrogens (primary N) is 1. The average molecular weight is 405 g/mol. The molecule has 2 rings (SSSR count). The monoisotopic (exact) mass is 404 g/mol. The van der Waals surface area contributed by atoms with E-state index < -0.39 is 0 Å². The summed E-state index contributed by atoms with van der Waals surface area (Å²) in [6.45, 7) is 9.35. The molecule has 0 saturated heterocycles. The lowest BCUT2D eigenvalue weighted by atomic mass is 9.96. The van der Waals surface area contributed by atoms with E-state index in [0.717, 1.165) is 36.1 Å². The van der Waals surface area contributed by atoms with Crippen LogP contribution in [-0.4, -0.2) is 11.7 Å². The molecule has 4 heteroatoms. The highest BCUT2D eigenvalue weighted by atomic mass is 16.7. The third kappa shape index (κ3) is 7.36. The SMILES string of the molecule is C=C/C=C(/C)C=CCC(C)C(=O)O/N=C(\C)c1ccc2c(c1)CC/C=C(N)\C=C/C2. The molecule has 2 N–H and O–H groups in total. The van der Waals surface area contributed by atoms with Crippen molar-refractivity contribution in [1.82, 2.24) is 0 Å². The van der Waals surface area contributed by atoms with Crippen LogP contribution < -0.4 is 5.73 Å². The minimum atomic E-state index is -0.335. The number of fused-ring (bicyclic) bond motifs is 1. The molecule has 0 aliphatic heterocycles. The highest BCUT2D eigenvalue weighted by molar-refractivity contribution is 5.98. The smallest absolute Gasteiger partial charge is 0.338 e. The number of oxime groups is 1. The van der Waals surface area contributed by atoms with Gasteiger partial charge in [-0.3, -0.25) is 0 Å². The number of aryl methyl sites for hydroxylation is 1. The highest BCUT2D eigenvalue weighted by Crippen LogP contribution is 2.18. The molecule has 1 aliphatic rings. The van der Waals surface area contributed by atoms with E-state index in [2.05, 4.69) is 29.9 Å². The van der Waals surface area contributed by atoms with Crippen molar-refractivity contribution in [3.63, 3.8) is 0 Å². The van der Waals surface area contributed by atoms with Crippen molar-refractivity contribution in [2.75, 3.05) is 0 Å². The predicted molar refractivity (Wildman–Crippen MR) is 125 cm³/mol. The molecule has 0 amide bonds. The molecular formula is C26H32N2O2. The summed E-state index contributed by atoms with van der Waals surface area (Å²) >= 11 is 0. The van der Waals surface area contributed by atoms with Gasteiger partial charge in [0.25, 0.3) is 0 Å². The normalized spacial score (nSPS) is 19.0. The number of allylic oxidation sites excluding steroid dienone is 8. The predicted octanol–water partition coefficient (Wildman–Crippen LogP) is 5.56. The maximum absolute atomic E-state index is 12.2. The van der Waals surface area contributed by atoms with Gasteiger partial charge in [0.1, 0.15) is 0 Å². The summed E-state index contributed by atoms with van der Waals surface area (Å²) in [4.78, 5) is 17.4. The molecule has 0 spiro atoms. The molecule has 30 heavy (non-hydrogen) atoms. The second kappa shape index (κ2) is 11.8. The van der Waals surface area contributed by atoms with Crippen molar-refractivity contribution in [2.24, 2.45) is 16.8 Å². The van der Waals surface area contributed by atoms with Crippen molar-refractivity contribution < 1.29 is 9.63 Å². The van der Waals surface area contributed by atoms with Gasteiger partial charge < -0.3 is 10.6 Å². The zero-order valence-electron chi connectivity index (χ0n) is 18.2. The lowest BCUT2D eigenvalue weighted by Crippen LogP contribution is -2.12. The Hall–Kier alpha value is -3.14. The third-order valence-electron chi connectivity index (χ3n) is 4.99. The summed E-state index contributed by atoms with van der Waals surface area (Å²) in [7, 11) is 0. The van der Waals surface area contributed by atoms with Crippen LogP contribution in [0.5, 0.6) is 0 Å². The minimum absolute atomic E-state index is 0.266. The molecule has 1 unspecified atom stereocenters. The Bertz CT molecular complexity index is 917. The van der Waals surface area contributed by atoms with E-state index in [1.165, 1.54) is 11.1 Å². The fraction of sp³-hybridized carbons (Fsp3) is 0.308. The van der Waals surface area contributed by atoms with Crippen molar-refractivity contribution in [3.8, 4) is 0 Å². The lowest BCUT2D eigenvalue weighted by molar-refractivity contribution is -0.147. The van der Waals surface area contributed by atoms with Gasteiger partial charge in [-0.1, -0.05) is 72.8 Å². The van der Waals surface area contributed by atoms with Gasteiger partial charge >= 0.3 is 5.97 Å². The molecule has 0 bridgehead atoms. The Kier molecular flexibility index (Phi) is 9.07. The number of nitrogens with zero attached hydrogens (tertiary/aromatic N) is 1. The van der Waals surface area contributed by atoms with Crippen LogP contribution in [0.25, 0.3) is 0 Å². The van der Waals surface area contributed by atoms with E-state index >= 15 is 0 Å². The zero-order valence-corrected chi connectivity index (χ0v) is 18.2. The van der Waals surface area contributed by atoms with Crippen LogP contribution in [0.15, 0.2) is 83.7 Å².